The van der Waals surface area contributed by atoms with E-state index < -0.39 is 11.1 Å². The molecule has 2 aromatic rings. The number of fused-ring (bicyclic) bond motifs is 1. The molecule has 0 saturated carbocycles. The van der Waals surface area contributed by atoms with Gasteiger partial charge in [0.25, 0.3) is 11.6 Å². The molecule has 140 valence electrons. The van der Waals surface area contributed by atoms with Crippen LogP contribution in [0.3, 0.4) is 0 Å². The van der Waals surface area contributed by atoms with Crippen LogP contribution in [0.1, 0.15) is 34.9 Å². The molecule has 2 aliphatic heterocycles. The fraction of sp³-hybridized carbons (Fsp3) is 0.316. The number of hydrogen-bond donors (Lipinski definition) is 1. The van der Waals surface area contributed by atoms with Gasteiger partial charge in [-0.15, -0.1) is 0 Å². The SMILES string of the molecule is O=C1c2ccccc2N[C@@H](c2ccc(Br)c([N+](=O)[O-])c2)N1C[C@@H]1CCCO1. The van der Waals surface area contributed by atoms with E-state index in [1.54, 1.807) is 23.1 Å². The van der Waals surface area contributed by atoms with Crippen LogP contribution >= 0.6 is 15.9 Å². The van der Waals surface area contributed by atoms with Crippen LogP contribution in [0, 0.1) is 10.1 Å². The van der Waals surface area contributed by atoms with Crippen molar-refractivity contribution >= 4 is 33.2 Å². The zero-order chi connectivity index (χ0) is 19.0. The van der Waals surface area contributed by atoms with E-state index >= 15 is 0 Å². The van der Waals surface area contributed by atoms with Gasteiger partial charge in [0.1, 0.15) is 6.17 Å². The molecular weight excluding hydrogens is 414 g/mol. The maximum Gasteiger partial charge on any atom is 0.283 e. The zero-order valence-corrected chi connectivity index (χ0v) is 16.0. The number of hydrogen-bond acceptors (Lipinski definition) is 5. The Bertz CT molecular complexity index is 898. The second kappa shape index (κ2) is 7.28. The lowest BCUT2D eigenvalue weighted by molar-refractivity contribution is -0.385. The third-order valence-corrected chi connectivity index (χ3v) is 5.60. The second-order valence-electron chi connectivity index (χ2n) is 6.65. The number of ether oxygens (including phenoxy) is 1. The Hall–Kier alpha value is -2.45. The van der Waals surface area contributed by atoms with Crippen LogP contribution in [0.4, 0.5) is 11.4 Å². The lowest BCUT2D eigenvalue weighted by atomic mass is 10.0. The molecule has 1 fully saturated rings. The van der Waals surface area contributed by atoms with Crippen molar-refractivity contribution in [2.45, 2.75) is 25.1 Å². The summed E-state index contributed by atoms with van der Waals surface area (Å²) in [6, 6.07) is 12.3. The number of benzene rings is 2. The Morgan fingerprint density at radius 1 is 1.30 bits per heavy atom. The van der Waals surface area contributed by atoms with E-state index in [1.807, 2.05) is 18.2 Å². The third-order valence-electron chi connectivity index (χ3n) is 4.93. The first-order chi connectivity index (χ1) is 13.0. The van der Waals surface area contributed by atoms with E-state index in [-0.39, 0.29) is 17.7 Å². The molecule has 7 nitrogen and oxygen atoms in total. The molecule has 2 heterocycles. The van der Waals surface area contributed by atoms with Crippen LogP contribution in [0.2, 0.25) is 0 Å². The molecule has 8 heteroatoms. The summed E-state index contributed by atoms with van der Waals surface area (Å²) in [5.74, 6) is -0.101. The summed E-state index contributed by atoms with van der Waals surface area (Å²) < 4.78 is 6.13. The predicted molar refractivity (Wildman–Crippen MR) is 104 cm³/mol. The molecule has 1 saturated heterocycles. The predicted octanol–water partition coefficient (Wildman–Crippen LogP) is 4.10. The van der Waals surface area contributed by atoms with Crippen molar-refractivity contribution in [1.29, 1.82) is 0 Å². The molecular formula is C19H18BrN3O4. The number of carbonyl (C=O) groups is 1. The van der Waals surface area contributed by atoms with E-state index in [2.05, 4.69) is 21.2 Å². The van der Waals surface area contributed by atoms with Crippen molar-refractivity contribution in [1.82, 2.24) is 4.90 Å². The molecule has 0 spiro atoms. The van der Waals surface area contributed by atoms with Crippen LogP contribution in [0.5, 0.6) is 0 Å². The number of nitro groups is 1. The van der Waals surface area contributed by atoms with Gasteiger partial charge in [0.05, 0.1) is 21.1 Å². The molecule has 0 aromatic heterocycles. The largest absolute Gasteiger partial charge is 0.376 e. The van der Waals surface area contributed by atoms with Crippen molar-refractivity contribution in [3.05, 3.63) is 68.2 Å². The van der Waals surface area contributed by atoms with E-state index in [4.69, 9.17) is 4.74 Å². The third kappa shape index (κ3) is 3.42. The number of halogens is 1. The number of nitrogens with one attached hydrogen (secondary N) is 1. The minimum absolute atomic E-state index is 0.0195. The van der Waals surface area contributed by atoms with Gasteiger partial charge >= 0.3 is 0 Å². The van der Waals surface area contributed by atoms with Gasteiger partial charge in [-0.3, -0.25) is 14.9 Å². The number of carbonyl (C=O) groups excluding carboxylic acids is 1. The topological polar surface area (TPSA) is 84.7 Å². The number of rotatable bonds is 4. The smallest absolute Gasteiger partial charge is 0.283 e. The first-order valence-corrected chi connectivity index (χ1v) is 9.56. The molecule has 2 aliphatic rings. The van der Waals surface area contributed by atoms with Crippen molar-refractivity contribution in [2.24, 2.45) is 0 Å². The first-order valence-electron chi connectivity index (χ1n) is 8.76. The molecule has 0 radical (unpaired) electrons. The second-order valence-corrected chi connectivity index (χ2v) is 7.51. The number of nitrogens with zero attached hydrogens (tertiary/aromatic N) is 2. The summed E-state index contributed by atoms with van der Waals surface area (Å²) in [6.45, 7) is 1.14. The highest BCUT2D eigenvalue weighted by atomic mass is 79.9. The highest BCUT2D eigenvalue weighted by Crippen LogP contribution is 2.36. The van der Waals surface area contributed by atoms with Crippen molar-refractivity contribution in [3.63, 3.8) is 0 Å². The fourth-order valence-electron chi connectivity index (χ4n) is 3.59. The number of amides is 1. The monoisotopic (exact) mass is 431 g/mol. The normalized spacial score (nSPS) is 21.7. The van der Waals surface area contributed by atoms with Crippen LogP contribution in [0.25, 0.3) is 0 Å². The fourth-order valence-corrected chi connectivity index (χ4v) is 3.98. The number of para-hydroxylation sites is 1. The van der Waals surface area contributed by atoms with E-state index in [0.29, 0.717) is 28.8 Å². The molecule has 4 rings (SSSR count). The Balaban J connectivity index is 1.74. The Labute approximate surface area is 164 Å². The lowest BCUT2D eigenvalue weighted by Gasteiger charge is -2.39. The highest BCUT2D eigenvalue weighted by Gasteiger charge is 2.35. The van der Waals surface area contributed by atoms with Crippen LogP contribution < -0.4 is 5.32 Å². The summed E-state index contributed by atoms with van der Waals surface area (Å²) in [7, 11) is 0. The first kappa shape index (κ1) is 17.9. The van der Waals surface area contributed by atoms with Gasteiger partial charge in [-0.05, 0) is 47.0 Å². The van der Waals surface area contributed by atoms with Crippen LogP contribution in [-0.2, 0) is 4.74 Å². The molecule has 0 unspecified atom stereocenters. The molecule has 0 aliphatic carbocycles. The van der Waals surface area contributed by atoms with Crippen molar-refractivity contribution in [2.75, 3.05) is 18.5 Å². The van der Waals surface area contributed by atoms with Gasteiger partial charge in [0.15, 0.2) is 0 Å². The van der Waals surface area contributed by atoms with Gasteiger partial charge in [-0.1, -0.05) is 18.2 Å². The van der Waals surface area contributed by atoms with Gasteiger partial charge in [0.2, 0.25) is 0 Å². The van der Waals surface area contributed by atoms with Crippen molar-refractivity contribution in [3.8, 4) is 0 Å². The Morgan fingerprint density at radius 2 is 2.11 bits per heavy atom. The maximum absolute atomic E-state index is 13.2. The summed E-state index contributed by atoms with van der Waals surface area (Å²) in [4.78, 5) is 25.8. The minimum atomic E-state index is -0.497. The standard InChI is InChI=1S/C19H18BrN3O4/c20-15-8-7-12(10-17(15)23(25)26)18-21-16-6-2-1-5-14(16)19(24)22(18)11-13-4-3-9-27-13/h1-2,5-8,10,13,18,21H,3-4,9,11H2/t13-,18+/m0/s1. The van der Waals surface area contributed by atoms with E-state index in [0.717, 1.165) is 18.5 Å². The average Bonchev–Trinajstić information content (AvgIpc) is 3.17. The molecule has 0 bridgehead atoms. The van der Waals surface area contributed by atoms with Gasteiger partial charge in [0, 0.05) is 30.5 Å². The zero-order valence-electron chi connectivity index (χ0n) is 14.4. The average molecular weight is 432 g/mol. The summed E-state index contributed by atoms with van der Waals surface area (Å²) in [5, 5.41) is 14.7. The van der Waals surface area contributed by atoms with E-state index in [1.165, 1.54) is 6.07 Å². The Kier molecular flexibility index (Phi) is 4.84. The highest BCUT2D eigenvalue weighted by molar-refractivity contribution is 9.10. The van der Waals surface area contributed by atoms with Crippen LogP contribution in [0.15, 0.2) is 46.9 Å². The summed E-state index contributed by atoms with van der Waals surface area (Å²) >= 11 is 3.22. The van der Waals surface area contributed by atoms with Crippen LogP contribution in [-0.4, -0.2) is 35.0 Å². The van der Waals surface area contributed by atoms with Gasteiger partial charge in [-0.2, -0.15) is 0 Å². The molecule has 27 heavy (non-hydrogen) atoms. The van der Waals surface area contributed by atoms with E-state index in [9.17, 15) is 14.9 Å². The van der Waals surface area contributed by atoms with Gasteiger partial charge < -0.3 is 15.0 Å². The Morgan fingerprint density at radius 3 is 2.85 bits per heavy atom. The maximum atomic E-state index is 13.2. The molecule has 1 amide bonds. The molecule has 1 N–H and O–H groups in total. The molecule has 2 atom stereocenters. The minimum Gasteiger partial charge on any atom is -0.376 e. The van der Waals surface area contributed by atoms with Gasteiger partial charge in [-0.25, -0.2) is 0 Å². The number of nitro benzene ring substituents is 1. The molecule has 2 aromatic carbocycles. The summed E-state index contributed by atoms with van der Waals surface area (Å²) in [5.41, 5.74) is 1.95. The quantitative estimate of drug-likeness (QED) is 0.581. The van der Waals surface area contributed by atoms with Crippen molar-refractivity contribution < 1.29 is 14.5 Å². The number of anilines is 1. The lowest BCUT2D eigenvalue weighted by Crippen LogP contribution is -2.46. The summed E-state index contributed by atoms with van der Waals surface area (Å²) in [6.07, 6.45) is 1.36.